The van der Waals surface area contributed by atoms with Crippen LogP contribution >= 0.6 is 11.3 Å². The molecule has 9 nitrogen and oxygen atoms in total. The fraction of sp³-hybridized carbons (Fsp3) is 0.375. The van der Waals surface area contributed by atoms with Crippen LogP contribution in [0.4, 0.5) is 8.78 Å². The third-order valence-corrected chi connectivity index (χ3v) is 7.14. The number of pyridine rings is 1. The van der Waals surface area contributed by atoms with Crippen molar-refractivity contribution in [1.29, 1.82) is 0 Å². The molecule has 12 heteroatoms. The predicted octanol–water partition coefficient (Wildman–Crippen LogP) is 2.61. The summed E-state index contributed by atoms with van der Waals surface area (Å²) in [5.74, 6) is -3.62. The molecule has 1 unspecified atom stereocenters. The number of aromatic hydroxyl groups is 1. The number of carbonyl (C=O) groups excluding carboxylic acids is 2. The number of benzene rings is 1. The minimum absolute atomic E-state index is 0.0335. The van der Waals surface area contributed by atoms with Crippen LogP contribution < -0.4 is 5.43 Å². The molecule has 3 aromatic rings. The first-order valence-corrected chi connectivity index (χ1v) is 11.9. The maximum atomic E-state index is 13.6. The minimum atomic E-state index is -1.31. The van der Waals surface area contributed by atoms with Gasteiger partial charge in [-0.2, -0.15) is 0 Å². The molecular formula is C24H25F2N5O4S. The maximum absolute atomic E-state index is 13.6. The molecule has 0 aliphatic carbocycles. The van der Waals surface area contributed by atoms with Gasteiger partial charge < -0.3 is 19.5 Å². The lowest BCUT2D eigenvalue weighted by Crippen LogP contribution is -2.60. The van der Waals surface area contributed by atoms with Crippen molar-refractivity contribution in [3.8, 4) is 16.3 Å². The second-order valence-corrected chi connectivity index (χ2v) is 10.4. The zero-order valence-corrected chi connectivity index (χ0v) is 21.2. The molecule has 0 radical (unpaired) electrons. The van der Waals surface area contributed by atoms with Crippen LogP contribution in [0.15, 0.2) is 29.2 Å². The van der Waals surface area contributed by atoms with E-state index in [9.17, 15) is 28.3 Å². The largest absolute Gasteiger partial charge is 0.503 e. The first-order chi connectivity index (χ1) is 16.8. The molecular weight excluding hydrogens is 492 g/mol. The van der Waals surface area contributed by atoms with Gasteiger partial charge in [0.2, 0.25) is 11.3 Å². The number of likely N-dealkylation sites (N-methyl/N-ethyl adjacent to an activating group) is 1. The minimum Gasteiger partial charge on any atom is -0.503 e. The van der Waals surface area contributed by atoms with Gasteiger partial charge in [-0.05, 0) is 38.5 Å². The average Bonchev–Trinajstić information content (AvgIpc) is 3.27. The maximum Gasteiger partial charge on any atom is 0.274 e. The van der Waals surface area contributed by atoms with Gasteiger partial charge >= 0.3 is 0 Å². The molecule has 0 fully saturated rings. The molecule has 190 valence electrons. The molecule has 0 saturated carbocycles. The third kappa shape index (κ3) is 4.15. The molecule has 2 aromatic heterocycles. The average molecular weight is 518 g/mol. The number of fused-ring (bicyclic) bond motifs is 1. The Morgan fingerprint density at radius 3 is 2.53 bits per heavy atom. The standard InChI is InChI=1S/C24H25F2N5O4S/c1-12(2)30-11-24(3,23(35)29(4)5)31-10-14(19(32)20(33)18(31)22(30)34)21-28-27-17(36-21)9-13-6-7-15(25)16(26)8-13/h6-8,10,12,33H,9,11H2,1-5H3. The number of carbonyl (C=O) groups is 2. The zero-order valence-electron chi connectivity index (χ0n) is 20.4. The molecule has 1 N–H and O–H groups in total. The zero-order chi connectivity index (χ0) is 26.5. The van der Waals surface area contributed by atoms with Gasteiger partial charge in [0.1, 0.15) is 10.5 Å². The smallest absolute Gasteiger partial charge is 0.274 e. The summed E-state index contributed by atoms with van der Waals surface area (Å²) in [5, 5.41) is 19.6. The van der Waals surface area contributed by atoms with Crippen molar-refractivity contribution in [2.75, 3.05) is 20.6 Å². The van der Waals surface area contributed by atoms with Crippen molar-refractivity contribution in [3.05, 3.63) is 62.5 Å². The lowest BCUT2D eigenvalue weighted by atomic mass is 9.93. The first-order valence-electron chi connectivity index (χ1n) is 11.1. The summed E-state index contributed by atoms with van der Waals surface area (Å²) in [7, 11) is 3.17. The van der Waals surface area contributed by atoms with Crippen molar-refractivity contribution in [1.82, 2.24) is 24.6 Å². The van der Waals surface area contributed by atoms with E-state index in [4.69, 9.17) is 0 Å². The van der Waals surface area contributed by atoms with Gasteiger partial charge in [0, 0.05) is 32.8 Å². The summed E-state index contributed by atoms with van der Waals surface area (Å²) in [4.78, 5) is 42.5. The van der Waals surface area contributed by atoms with E-state index in [1.807, 2.05) is 0 Å². The van der Waals surface area contributed by atoms with E-state index in [1.165, 1.54) is 26.6 Å². The van der Waals surface area contributed by atoms with E-state index in [0.29, 0.717) is 10.6 Å². The molecule has 1 atom stereocenters. The number of aromatic nitrogens is 3. The van der Waals surface area contributed by atoms with Crippen molar-refractivity contribution in [3.63, 3.8) is 0 Å². The van der Waals surface area contributed by atoms with Gasteiger partial charge in [-0.25, -0.2) is 8.78 Å². The number of nitrogens with zero attached hydrogens (tertiary/aromatic N) is 5. The summed E-state index contributed by atoms with van der Waals surface area (Å²) >= 11 is 1.03. The Kier molecular flexibility index (Phi) is 6.41. The normalized spacial score (nSPS) is 17.4. The van der Waals surface area contributed by atoms with Gasteiger partial charge in [-0.3, -0.25) is 14.4 Å². The third-order valence-electron chi connectivity index (χ3n) is 6.18. The van der Waals surface area contributed by atoms with Gasteiger partial charge in [0.05, 0.1) is 12.1 Å². The monoisotopic (exact) mass is 517 g/mol. The van der Waals surface area contributed by atoms with Crippen LogP contribution in [0.2, 0.25) is 0 Å². The topological polar surface area (TPSA) is 109 Å². The van der Waals surface area contributed by atoms with E-state index in [-0.39, 0.29) is 41.2 Å². The van der Waals surface area contributed by atoms with Crippen LogP contribution in [0.25, 0.3) is 10.6 Å². The van der Waals surface area contributed by atoms with E-state index in [2.05, 4.69) is 10.2 Å². The van der Waals surface area contributed by atoms with Crippen LogP contribution in [-0.4, -0.2) is 68.2 Å². The predicted molar refractivity (Wildman–Crippen MR) is 129 cm³/mol. The molecule has 1 aliphatic rings. The molecule has 1 aliphatic heterocycles. The van der Waals surface area contributed by atoms with Crippen molar-refractivity contribution < 1.29 is 23.5 Å². The van der Waals surface area contributed by atoms with Crippen molar-refractivity contribution in [2.24, 2.45) is 0 Å². The van der Waals surface area contributed by atoms with Crippen LogP contribution in [0.1, 0.15) is 41.8 Å². The van der Waals surface area contributed by atoms with Gasteiger partial charge in [0.15, 0.2) is 28.1 Å². The fourth-order valence-corrected chi connectivity index (χ4v) is 5.17. The Morgan fingerprint density at radius 1 is 1.22 bits per heavy atom. The summed E-state index contributed by atoms with van der Waals surface area (Å²) in [6, 6.07) is 3.21. The van der Waals surface area contributed by atoms with Gasteiger partial charge in [-0.15, -0.1) is 10.2 Å². The van der Waals surface area contributed by atoms with Crippen molar-refractivity contribution >= 4 is 23.2 Å². The number of amides is 2. The highest BCUT2D eigenvalue weighted by Crippen LogP contribution is 2.35. The van der Waals surface area contributed by atoms with Crippen LogP contribution in [0.3, 0.4) is 0 Å². The second kappa shape index (κ2) is 9.08. The molecule has 36 heavy (non-hydrogen) atoms. The summed E-state index contributed by atoms with van der Waals surface area (Å²) < 4.78 is 28.2. The highest BCUT2D eigenvalue weighted by atomic mass is 32.1. The number of halogens is 2. The van der Waals surface area contributed by atoms with Crippen molar-refractivity contribution in [2.45, 2.75) is 38.8 Å². The highest BCUT2D eigenvalue weighted by molar-refractivity contribution is 7.14. The quantitative estimate of drug-likeness (QED) is 0.558. The summed E-state index contributed by atoms with van der Waals surface area (Å²) in [5.41, 5.74) is -1.97. The number of hydrogen-bond acceptors (Lipinski definition) is 7. The van der Waals surface area contributed by atoms with E-state index in [0.717, 1.165) is 23.5 Å². The summed E-state index contributed by atoms with van der Waals surface area (Å²) in [6.07, 6.45) is 1.50. The Bertz CT molecular complexity index is 1430. The Hall–Kier alpha value is -3.67. The van der Waals surface area contributed by atoms with E-state index < -0.39 is 34.3 Å². The molecule has 2 amide bonds. The fourth-order valence-electron chi connectivity index (χ4n) is 4.29. The second-order valence-electron chi connectivity index (χ2n) is 9.37. The van der Waals surface area contributed by atoms with Crippen LogP contribution in [0.5, 0.6) is 5.75 Å². The lowest BCUT2D eigenvalue weighted by molar-refractivity contribution is -0.139. The molecule has 0 bridgehead atoms. The molecule has 1 aromatic carbocycles. The van der Waals surface area contributed by atoms with Crippen LogP contribution in [-0.2, 0) is 16.8 Å². The van der Waals surface area contributed by atoms with E-state index >= 15 is 0 Å². The Labute approximate surface area is 209 Å². The molecule has 4 rings (SSSR count). The molecule has 3 heterocycles. The Balaban J connectivity index is 1.83. The lowest BCUT2D eigenvalue weighted by Gasteiger charge is -2.45. The Morgan fingerprint density at radius 2 is 1.92 bits per heavy atom. The number of hydrogen-bond donors (Lipinski definition) is 1. The molecule has 0 saturated heterocycles. The van der Waals surface area contributed by atoms with Gasteiger partial charge in [0.25, 0.3) is 5.91 Å². The highest BCUT2D eigenvalue weighted by Gasteiger charge is 2.47. The summed E-state index contributed by atoms with van der Waals surface area (Å²) in [6.45, 7) is 5.25. The van der Waals surface area contributed by atoms with Crippen LogP contribution in [0, 0.1) is 11.6 Å². The first kappa shape index (κ1) is 25.4. The number of rotatable bonds is 5. The molecule has 0 spiro atoms. The van der Waals surface area contributed by atoms with Gasteiger partial charge in [-0.1, -0.05) is 17.4 Å². The van der Waals surface area contributed by atoms with E-state index in [1.54, 1.807) is 34.9 Å². The SMILES string of the molecule is CC(C)N1CC(C)(C(=O)N(C)C)n2cc(-c3nnc(Cc4ccc(F)c(F)c4)s3)c(=O)c(O)c2C1=O.